The molecule has 1 aromatic carbocycles. The molecule has 1 aromatic rings. The summed E-state index contributed by atoms with van der Waals surface area (Å²) in [4.78, 5) is 33.6. The zero-order chi connectivity index (χ0) is 12.1. The van der Waals surface area contributed by atoms with Crippen LogP contribution in [0.4, 0.5) is 0 Å². The van der Waals surface area contributed by atoms with Crippen LogP contribution in [0.25, 0.3) is 0 Å². The van der Waals surface area contributed by atoms with E-state index in [0.717, 1.165) is 5.56 Å². The van der Waals surface area contributed by atoms with Crippen molar-refractivity contribution in [2.24, 2.45) is 0 Å². The molecule has 0 atom stereocenters. The second kappa shape index (κ2) is 5.21. The number of aldehydes is 1. The predicted molar refractivity (Wildman–Crippen MR) is 57.5 cm³/mol. The number of hydrogen-bond acceptors (Lipinski definition) is 4. The van der Waals surface area contributed by atoms with E-state index in [4.69, 9.17) is 0 Å². The molecule has 16 heavy (non-hydrogen) atoms. The SMILES string of the molecule is CCOC(=O)C(=O)c1ccc(C)cc1C=O. The number of hydrogen-bond donors (Lipinski definition) is 0. The fraction of sp³-hybridized carbons (Fsp3) is 0.250. The van der Waals surface area contributed by atoms with Gasteiger partial charge in [0, 0.05) is 11.1 Å². The van der Waals surface area contributed by atoms with E-state index >= 15 is 0 Å². The largest absolute Gasteiger partial charge is 0.460 e. The number of esters is 1. The summed E-state index contributed by atoms with van der Waals surface area (Å²) in [7, 11) is 0. The lowest BCUT2D eigenvalue weighted by Gasteiger charge is -2.04. The molecule has 0 aliphatic carbocycles. The molecule has 0 N–H and O–H groups in total. The van der Waals surface area contributed by atoms with Gasteiger partial charge in [-0.1, -0.05) is 11.6 Å². The topological polar surface area (TPSA) is 60.4 Å². The molecule has 0 aliphatic rings. The maximum atomic E-state index is 11.6. The molecule has 84 valence electrons. The van der Waals surface area contributed by atoms with Gasteiger partial charge in [0.05, 0.1) is 6.61 Å². The Kier molecular flexibility index (Phi) is 3.94. The summed E-state index contributed by atoms with van der Waals surface area (Å²) in [6.45, 7) is 3.54. The highest BCUT2D eigenvalue weighted by atomic mass is 16.5. The summed E-state index contributed by atoms with van der Waals surface area (Å²) in [5, 5.41) is 0. The Labute approximate surface area is 93.2 Å². The van der Waals surface area contributed by atoms with Crippen molar-refractivity contribution in [1.29, 1.82) is 0 Å². The predicted octanol–water partition coefficient (Wildman–Crippen LogP) is 1.55. The zero-order valence-corrected chi connectivity index (χ0v) is 9.15. The fourth-order valence-corrected chi connectivity index (χ4v) is 1.29. The van der Waals surface area contributed by atoms with Gasteiger partial charge in [-0.15, -0.1) is 0 Å². The Balaban J connectivity index is 3.08. The first-order chi connectivity index (χ1) is 7.60. The highest BCUT2D eigenvalue weighted by Gasteiger charge is 2.20. The van der Waals surface area contributed by atoms with E-state index in [1.807, 2.05) is 0 Å². The summed E-state index contributed by atoms with van der Waals surface area (Å²) >= 11 is 0. The van der Waals surface area contributed by atoms with Crippen LogP contribution in [-0.4, -0.2) is 24.6 Å². The number of rotatable bonds is 4. The van der Waals surface area contributed by atoms with Crippen molar-refractivity contribution in [2.45, 2.75) is 13.8 Å². The maximum absolute atomic E-state index is 11.6. The van der Waals surface area contributed by atoms with Crippen LogP contribution in [0.2, 0.25) is 0 Å². The van der Waals surface area contributed by atoms with E-state index in [2.05, 4.69) is 4.74 Å². The van der Waals surface area contributed by atoms with E-state index in [9.17, 15) is 14.4 Å². The molecule has 0 saturated carbocycles. The van der Waals surface area contributed by atoms with Crippen molar-refractivity contribution in [3.63, 3.8) is 0 Å². The summed E-state index contributed by atoms with van der Waals surface area (Å²) < 4.78 is 4.58. The van der Waals surface area contributed by atoms with Gasteiger partial charge in [-0.25, -0.2) is 4.79 Å². The minimum Gasteiger partial charge on any atom is -0.460 e. The van der Waals surface area contributed by atoms with Gasteiger partial charge >= 0.3 is 5.97 Å². The molecule has 0 amide bonds. The number of aryl methyl sites for hydroxylation is 1. The molecular formula is C12H12O4. The van der Waals surface area contributed by atoms with Gasteiger partial charge in [-0.05, 0) is 26.0 Å². The van der Waals surface area contributed by atoms with Crippen LogP contribution in [-0.2, 0) is 9.53 Å². The van der Waals surface area contributed by atoms with Gasteiger partial charge in [-0.2, -0.15) is 0 Å². The van der Waals surface area contributed by atoms with E-state index in [0.29, 0.717) is 6.29 Å². The smallest absolute Gasteiger partial charge is 0.379 e. The number of ketones is 1. The van der Waals surface area contributed by atoms with Crippen molar-refractivity contribution in [2.75, 3.05) is 6.61 Å². The minimum absolute atomic E-state index is 0.0825. The van der Waals surface area contributed by atoms with Gasteiger partial charge in [0.15, 0.2) is 6.29 Å². The van der Waals surface area contributed by atoms with Crippen LogP contribution in [0, 0.1) is 6.92 Å². The Bertz CT molecular complexity index is 435. The zero-order valence-electron chi connectivity index (χ0n) is 9.15. The summed E-state index contributed by atoms with van der Waals surface area (Å²) in [5.74, 6) is -1.72. The van der Waals surface area contributed by atoms with E-state index in [1.165, 1.54) is 6.07 Å². The van der Waals surface area contributed by atoms with Gasteiger partial charge in [-0.3, -0.25) is 9.59 Å². The highest BCUT2D eigenvalue weighted by molar-refractivity contribution is 6.41. The van der Waals surface area contributed by atoms with Crippen LogP contribution >= 0.6 is 0 Å². The first kappa shape index (κ1) is 12.1. The Morgan fingerprint density at radius 3 is 2.62 bits per heavy atom. The Hall–Kier alpha value is -1.97. The molecular weight excluding hydrogens is 208 g/mol. The summed E-state index contributed by atoms with van der Waals surface area (Å²) in [5.41, 5.74) is 1.14. The molecule has 0 bridgehead atoms. The number of ether oxygens (including phenoxy) is 1. The minimum atomic E-state index is -0.936. The lowest BCUT2D eigenvalue weighted by Crippen LogP contribution is -2.19. The average molecular weight is 220 g/mol. The van der Waals surface area contributed by atoms with Crippen molar-refractivity contribution in [3.05, 3.63) is 34.9 Å². The second-order valence-electron chi connectivity index (χ2n) is 3.26. The highest BCUT2D eigenvalue weighted by Crippen LogP contribution is 2.11. The lowest BCUT2D eigenvalue weighted by molar-refractivity contribution is -0.137. The molecule has 0 radical (unpaired) electrons. The van der Waals surface area contributed by atoms with Crippen LogP contribution < -0.4 is 0 Å². The first-order valence-corrected chi connectivity index (χ1v) is 4.87. The normalized spacial score (nSPS) is 9.62. The molecule has 0 aromatic heterocycles. The van der Waals surface area contributed by atoms with Gasteiger partial charge in [0.1, 0.15) is 0 Å². The molecule has 0 heterocycles. The standard InChI is InChI=1S/C12H12O4/c1-3-16-12(15)11(14)10-5-4-8(2)6-9(10)7-13/h4-7H,3H2,1-2H3. The van der Waals surface area contributed by atoms with Crippen molar-refractivity contribution >= 4 is 18.0 Å². The molecule has 4 heteroatoms. The molecule has 0 aliphatic heterocycles. The average Bonchev–Trinajstić information content (AvgIpc) is 2.28. The van der Waals surface area contributed by atoms with Crippen LogP contribution in [0.1, 0.15) is 33.2 Å². The van der Waals surface area contributed by atoms with E-state index < -0.39 is 11.8 Å². The van der Waals surface area contributed by atoms with Crippen molar-refractivity contribution < 1.29 is 19.1 Å². The Morgan fingerprint density at radius 1 is 1.38 bits per heavy atom. The molecule has 0 saturated heterocycles. The van der Waals surface area contributed by atoms with Crippen molar-refractivity contribution in [1.82, 2.24) is 0 Å². The first-order valence-electron chi connectivity index (χ1n) is 4.87. The summed E-state index contributed by atoms with van der Waals surface area (Å²) in [6, 6.07) is 4.68. The van der Waals surface area contributed by atoms with Gasteiger partial charge < -0.3 is 4.74 Å². The monoisotopic (exact) mass is 220 g/mol. The van der Waals surface area contributed by atoms with Crippen LogP contribution in [0.5, 0.6) is 0 Å². The number of carbonyl (C=O) groups excluding carboxylic acids is 3. The number of benzene rings is 1. The third-order valence-electron chi connectivity index (χ3n) is 2.04. The van der Waals surface area contributed by atoms with Crippen LogP contribution in [0.3, 0.4) is 0 Å². The van der Waals surface area contributed by atoms with Crippen LogP contribution in [0.15, 0.2) is 18.2 Å². The molecule has 0 unspecified atom stereocenters. The van der Waals surface area contributed by atoms with E-state index in [1.54, 1.807) is 26.0 Å². The molecule has 1 rings (SSSR count). The number of Topliss-reactive ketones (excluding diaryl/α,β-unsaturated/α-hetero) is 1. The van der Waals surface area contributed by atoms with Gasteiger partial charge in [0.2, 0.25) is 0 Å². The molecule has 0 spiro atoms. The van der Waals surface area contributed by atoms with Gasteiger partial charge in [0.25, 0.3) is 5.78 Å². The summed E-state index contributed by atoms with van der Waals surface area (Å²) in [6.07, 6.45) is 0.555. The molecule has 0 fully saturated rings. The van der Waals surface area contributed by atoms with E-state index in [-0.39, 0.29) is 17.7 Å². The number of carbonyl (C=O) groups is 3. The quantitative estimate of drug-likeness (QED) is 0.334. The lowest BCUT2D eigenvalue weighted by atomic mass is 10.0. The maximum Gasteiger partial charge on any atom is 0.379 e. The Morgan fingerprint density at radius 2 is 2.06 bits per heavy atom. The fourth-order valence-electron chi connectivity index (χ4n) is 1.29. The third kappa shape index (κ3) is 2.53. The second-order valence-corrected chi connectivity index (χ2v) is 3.26. The molecule has 4 nitrogen and oxygen atoms in total. The third-order valence-corrected chi connectivity index (χ3v) is 2.04. The van der Waals surface area contributed by atoms with Crippen molar-refractivity contribution in [3.8, 4) is 0 Å².